The maximum Gasteiger partial charge on any atom is 0.319 e. The Balaban J connectivity index is 1.81. The third-order valence-electron chi connectivity index (χ3n) is 2.99. The molecule has 0 aliphatic rings. The number of aryl methyl sites for hydroxylation is 1. The lowest BCUT2D eigenvalue weighted by Crippen LogP contribution is -2.30. The first-order chi connectivity index (χ1) is 10.0. The Morgan fingerprint density at radius 2 is 1.81 bits per heavy atom. The van der Waals surface area contributed by atoms with Crippen molar-refractivity contribution in [1.82, 2.24) is 5.32 Å². The van der Waals surface area contributed by atoms with Crippen molar-refractivity contribution < 1.29 is 4.79 Å². The number of anilines is 1. The van der Waals surface area contributed by atoms with E-state index in [1.165, 1.54) is 5.56 Å². The highest BCUT2D eigenvalue weighted by Gasteiger charge is 2.05. The summed E-state index contributed by atoms with van der Waals surface area (Å²) in [5.41, 5.74) is 3.10. The normalized spacial score (nSPS) is 10.2. The minimum atomic E-state index is -0.198. The smallest absolute Gasteiger partial charge is 0.319 e. The van der Waals surface area contributed by atoms with Crippen molar-refractivity contribution >= 4 is 43.6 Å². The van der Waals surface area contributed by atoms with Gasteiger partial charge in [0.1, 0.15) is 0 Å². The SMILES string of the molecule is Cc1ccc(NC(=O)NCCc2ccc(Br)cc2)c(Br)c1. The van der Waals surface area contributed by atoms with Gasteiger partial charge in [-0.05, 0) is 64.7 Å². The predicted molar refractivity (Wildman–Crippen MR) is 93.7 cm³/mol. The summed E-state index contributed by atoms with van der Waals surface area (Å²) >= 11 is 6.84. The molecular weight excluding hydrogens is 396 g/mol. The zero-order valence-electron chi connectivity index (χ0n) is 11.6. The predicted octanol–water partition coefficient (Wildman–Crippen LogP) is 4.88. The standard InChI is InChI=1S/C16H16Br2N2O/c1-11-2-7-15(14(18)10-11)20-16(21)19-9-8-12-3-5-13(17)6-4-12/h2-7,10H,8-9H2,1H3,(H2,19,20,21). The molecule has 0 radical (unpaired) electrons. The van der Waals surface area contributed by atoms with Crippen molar-refractivity contribution in [3.05, 3.63) is 62.5 Å². The molecule has 0 bridgehead atoms. The average Bonchev–Trinajstić information content (AvgIpc) is 2.44. The van der Waals surface area contributed by atoms with Crippen molar-refractivity contribution in [2.75, 3.05) is 11.9 Å². The van der Waals surface area contributed by atoms with Crippen LogP contribution in [-0.4, -0.2) is 12.6 Å². The molecule has 0 spiro atoms. The average molecular weight is 412 g/mol. The van der Waals surface area contributed by atoms with Gasteiger partial charge in [-0.3, -0.25) is 0 Å². The number of hydrogen-bond acceptors (Lipinski definition) is 1. The second-order valence-corrected chi connectivity index (χ2v) is 6.51. The first-order valence-corrected chi connectivity index (χ1v) is 8.18. The van der Waals surface area contributed by atoms with E-state index in [0.29, 0.717) is 6.54 Å². The van der Waals surface area contributed by atoms with E-state index >= 15 is 0 Å². The number of amides is 2. The molecule has 2 amide bonds. The zero-order chi connectivity index (χ0) is 15.2. The van der Waals surface area contributed by atoms with Gasteiger partial charge in [0.25, 0.3) is 0 Å². The minimum Gasteiger partial charge on any atom is -0.338 e. The van der Waals surface area contributed by atoms with Gasteiger partial charge in [0, 0.05) is 15.5 Å². The first kappa shape index (κ1) is 16.0. The van der Waals surface area contributed by atoms with Gasteiger partial charge < -0.3 is 10.6 Å². The molecule has 2 aromatic carbocycles. The lowest BCUT2D eigenvalue weighted by Gasteiger charge is -2.10. The molecule has 2 rings (SSSR count). The molecule has 110 valence electrons. The number of hydrogen-bond donors (Lipinski definition) is 2. The van der Waals surface area contributed by atoms with Gasteiger partial charge in [-0.15, -0.1) is 0 Å². The highest BCUT2D eigenvalue weighted by Crippen LogP contribution is 2.23. The van der Waals surface area contributed by atoms with E-state index in [1.54, 1.807) is 0 Å². The number of carbonyl (C=O) groups is 1. The van der Waals surface area contributed by atoms with Gasteiger partial charge in [-0.25, -0.2) is 4.79 Å². The van der Waals surface area contributed by atoms with Crippen molar-refractivity contribution in [3.63, 3.8) is 0 Å². The van der Waals surface area contributed by atoms with Crippen LogP contribution in [0.1, 0.15) is 11.1 Å². The van der Waals surface area contributed by atoms with Crippen LogP contribution in [0.15, 0.2) is 51.4 Å². The largest absolute Gasteiger partial charge is 0.338 e. The molecule has 0 aromatic heterocycles. The number of rotatable bonds is 4. The van der Waals surface area contributed by atoms with E-state index in [2.05, 4.69) is 42.5 Å². The molecule has 0 saturated carbocycles. The van der Waals surface area contributed by atoms with E-state index in [1.807, 2.05) is 49.4 Å². The Bertz CT molecular complexity index is 627. The Kier molecular flexibility index (Phi) is 5.82. The Labute approximate surface area is 141 Å². The van der Waals surface area contributed by atoms with Crippen LogP contribution in [0, 0.1) is 6.92 Å². The van der Waals surface area contributed by atoms with E-state index in [9.17, 15) is 4.79 Å². The quantitative estimate of drug-likeness (QED) is 0.739. The van der Waals surface area contributed by atoms with Crippen LogP contribution in [0.5, 0.6) is 0 Å². The van der Waals surface area contributed by atoms with Gasteiger partial charge in [0.2, 0.25) is 0 Å². The number of halogens is 2. The van der Waals surface area contributed by atoms with Crippen LogP contribution >= 0.6 is 31.9 Å². The summed E-state index contributed by atoms with van der Waals surface area (Å²) < 4.78 is 1.94. The molecule has 3 nitrogen and oxygen atoms in total. The summed E-state index contributed by atoms with van der Waals surface area (Å²) in [7, 11) is 0. The summed E-state index contributed by atoms with van der Waals surface area (Å²) in [4.78, 5) is 11.8. The van der Waals surface area contributed by atoms with Crippen LogP contribution in [0.25, 0.3) is 0 Å². The van der Waals surface area contributed by atoms with Crippen LogP contribution in [0.2, 0.25) is 0 Å². The lowest BCUT2D eigenvalue weighted by molar-refractivity contribution is 0.252. The molecule has 5 heteroatoms. The number of urea groups is 1. The summed E-state index contributed by atoms with van der Waals surface area (Å²) in [5, 5.41) is 5.68. The molecule has 0 aliphatic heterocycles. The second-order valence-electron chi connectivity index (χ2n) is 4.74. The summed E-state index contributed by atoms with van der Waals surface area (Å²) in [5.74, 6) is 0. The Morgan fingerprint density at radius 1 is 1.10 bits per heavy atom. The third kappa shape index (κ3) is 5.17. The summed E-state index contributed by atoms with van der Waals surface area (Å²) in [6.45, 7) is 2.60. The Morgan fingerprint density at radius 3 is 2.48 bits per heavy atom. The molecule has 0 unspecified atom stereocenters. The van der Waals surface area contributed by atoms with Crippen molar-refractivity contribution in [2.45, 2.75) is 13.3 Å². The molecule has 0 saturated heterocycles. The van der Waals surface area contributed by atoms with E-state index in [0.717, 1.165) is 26.6 Å². The highest BCUT2D eigenvalue weighted by molar-refractivity contribution is 9.10. The molecule has 0 fully saturated rings. The van der Waals surface area contributed by atoms with E-state index in [-0.39, 0.29) is 6.03 Å². The third-order valence-corrected chi connectivity index (χ3v) is 4.17. The molecule has 0 heterocycles. The Hall–Kier alpha value is -1.33. The monoisotopic (exact) mass is 410 g/mol. The van der Waals surface area contributed by atoms with Gasteiger partial charge in [-0.1, -0.05) is 34.1 Å². The van der Waals surface area contributed by atoms with Gasteiger partial charge in [0.05, 0.1) is 5.69 Å². The fraction of sp³-hybridized carbons (Fsp3) is 0.188. The first-order valence-electron chi connectivity index (χ1n) is 6.60. The van der Waals surface area contributed by atoms with Crippen LogP contribution < -0.4 is 10.6 Å². The summed E-state index contributed by atoms with van der Waals surface area (Å²) in [6.07, 6.45) is 0.801. The number of nitrogens with one attached hydrogen (secondary N) is 2. The fourth-order valence-corrected chi connectivity index (χ4v) is 2.72. The van der Waals surface area contributed by atoms with E-state index in [4.69, 9.17) is 0 Å². The highest BCUT2D eigenvalue weighted by atomic mass is 79.9. The maximum absolute atomic E-state index is 11.8. The fourth-order valence-electron chi connectivity index (χ4n) is 1.86. The molecule has 2 N–H and O–H groups in total. The van der Waals surface area contributed by atoms with Crippen molar-refractivity contribution in [2.24, 2.45) is 0 Å². The van der Waals surface area contributed by atoms with E-state index < -0.39 is 0 Å². The molecule has 21 heavy (non-hydrogen) atoms. The van der Waals surface area contributed by atoms with Crippen molar-refractivity contribution in [3.8, 4) is 0 Å². The topological polar surface area (TPSA) is 41.1 Å². The molecular formula is C16H16Br2N2O. The van der Waals surface area contributed by atoms with Crippen LogP contribution in [0.4, 0.5) is 10.5 Å². The molecule has 0 atom stereocenters. The van der Waals surface area contributed by atoms with Gasteiger partial charge in [-0.2, -0.15) is 0 Å². The van der Waals surface area contributed by atoms with Crippen LogP contribution in [0.3, 0.4) is 0 Å². The zero-order valence-corrected chi connectivity index (χ0v) is 14.8. The number of benzene rings is 2. The second kappa shape index (κ2) is 7.61. The van der Waals surface area contributed by atoms with Crippen LogP contribution in [-0.2, 0) is 6.42 Å². The minimum absolute atomic E-state index is 0.198. The van der Waals surface area contributed by atoms with Gasteiger partial charge >= 0.3 is 6.03 Å². The molecule has 2 aromatic rings. The van der Waals surface area contributed by atoms with Gasteiger partial charge in [0.15, 0.2) is 0 Å². The lowest BCUT2D eigenvalue weighted by atomic mass is 10.1. The summed E-state index contributed by atoms with van der Waals surface area (Å²) in [6, 6.07) is 13.7. The number of carbonyl (C=O) groups excluding carboxylic acids is 1. The van der Waals surface area contributed by atoms with Crippen molar-refractivity contribution in [1.29, 1.82) is 0 Å². The molecule has 0 aliphatic carbocycles. The maximum atomic E-state index is 11.8.